The molecule has 2 N–H and O–H groups in total. The molecule has 0 aromatic heterocycles. The highest BCUT2D eigenvalue weighted by Crippen LogP contribution is 2.19. The third-order valence-corrected chi connectivity index (χ3v) is 6.38. The zero-order valence-corrected chi connectivity index (χ0v) is 19.7. The minimum Gasteiger partial charge on any atom is -0.345 e. The van der Waals surface area contributed by atoms with Gasteiger partial charge in [-0.1, -0.05) is 60.7 Å². The van der Waals surface area contributed by atoms with Crippen molar-refractivity contribution in [3.8, 4) is 0 Å². The molecule has 1 unspecified atom stereocenters. The molecule has 7 nitrogen and oxygen atoms in total. The lowest BCUT2D eigenvalue weighted by Crippen LogP contribution is -2.37. The molecule has 0 radical (unpaired) electrons. The van der Waals surface area contributed by atoms with Crippen LogP contribution in [-0.4, -0.2) is 37.3 Å². The largest absolute Gasteiger partial charge is 0.345 e. The summed E-state index contributed by atoms with van der Waals surface area (Å²) < 4.78 is 39.4. The van der Waals surface area contributed by atoms with E-state index >= 15 is 0 Å². The van der Waals surface area contributed by atoms with E-state index in [1.807, 2.05) is 37.3 Å². The topological polar surface area (TPSA) is 95.6 Å². The van der Waals surface area contributed by atoms with E-state index in [9.17, 15) is 22.4 Å². The molecule has 3 rings (SSSR count). The Morgan fingerprint density at radius 1 is 0.941 bits per heavy atom. The van der Waals surface area contributed by atoms with Crippen molar-refractivity contribution in [3.63, 3.8) is 0 Å². The molecule has 0 heterocycles. The molecule has 0 saturated carbocycles. The van der Waals surface area contributed by atoms with E-state index < -0.39 is 34.2 Å². The van der Waals surface area contributed by atoms with Gasteiger partial charge in [-0.3, -0.25) is 9.59 Å². The van der Waals surface area contributed by atoms with Crippen molar-refractivity contribution in [2.45, 2.75) is 19.5 Å². The molecule has 1 atom stereocenters. The van der Waals surface area contributed by atoms with Crippen molar-refractivity contribution in [1.82, 2.24) is 9.62 Å². The van der Waals surface area contributed by atoms with Gasteiger partial charge in [0.2, 0.25) is 15.9 Å². The third-order valence-electron chi connectivity index (χ3n) is 5.19. The van der Waals surface area contributed by atoms with Crippen LogP contribution in [0.2, 0.25) is 0 Å². The fraction of sp³-hybridized carbons (Fsp3) is 0.200. The first kappa shape index (κ1) is 25.1. The molecule has 0 aliphatic carbocycles. The van der Waals surface area contributed by atoms with Gasteiger partial charge < -0.3 is 10.6 Å². The van der Waals surface area contributed by atoms with Crippen LogP contribution in [-0.2, 0) is 21.4 Å². The standard InChI is InChI=1S/C25H26FN3O4S/c1-18(19-10-4-3-5-11-19)27-25(31)21-13-7-9-15-23(21)28-24(30)17-29(34(2,32)33)16-20-12-6-8-14-22(20)26/h3-15,18H,16-17H2,1-2H3,(H,27,31)(H,28,30). The van der Waals surface area contributed by atoms with E-state index in [4.69, 9.17) is 0 Å². The van der Waals surface area contributed by atoms with Crippen molar-refractivity contribution in [2.24, 2.45) is 0 Å². The molecule has 178 valence electrons. The molecule has 0 fully saturated rings. The second-order valence-electron chi connectivity index (χ2n) is 7.82. The summed E-state index contributed by atoms with van der Waals surface area (Å²) in [6, 6.07) is 21.4. The van der Waals surface area contributed by atoms with Crippen LogP contribution >= 0.6 is 0 Å². The average Bonchev–Trinajstić information content (AvgIpc) is 2.80. The molecule has 0 aliphatic heterocycles. The number of anilines is 1. The number of hydrogen-bond acceptors (Lipinski definition) is 4. The average molecular weight is 484 g/mol. The van der Waals surface area contributed by atoms with Crippen molar-refractivity contribution < 1.29 is 22.4 Å². The number of rotatable bonds is 9. The first-order valence-corrected chi connectivity index (χ1v) is 12.4. The van der Waals surface area contributed by atoms with Gasteiger partial charge in [0.05, 0.1) is 30.1 Å². The van der Waals surface area contributed by atoms with Gasteiger partial charge in [0.1, 0.15) is 5.82 Å². The summed E-state index contributed by atoms with van der Waals surface area (Å²) in [7, 11) is -3.81. The number of carbonyl (C=O) groups excluding carboxylic acids is 2. The number of nitrogens with zero attached hydrogens (tertiary/aromatic N) is 1. The summed E-state index contributed by atoms with van der Waals surface area (Å²) in [6.07, 6.45) is 0.952. The van der Waals surface area contributed by atoms with E-state index in [1.54, 1.807) is 30.3 Å². The van der Waals surface area contributed by atoms with Crippen LogP contribution in [0.4, 0.5) is 10.1 Å². The Bertz CT molecular complexity index is 1270. The van der Waals surface area contributed by atoms with Gasteiger partial charge in [-0.2, -0.15) is 4.31 Å². The Kier molecular flexibility index (Phi) is 8.14. The van der Waals surface area contributed by atoms with E-state index in [1.165, 1.54) is 18.2 Å². The van der Waals surface area contributed by atoms with Crippen LogP contribution in [0, 0.1) is 5.82 Å². The fourth-order valence-corrected chi connectivity index (χ4v) is 4.07. The van der Waals surface area contributed by atoms with Crippen LogP contribution in [0.15, 0.2) is 78.9 Å². The quantitative estimate of drug-likeness (QED) is 0.485. The summed E-state index contributed by atoms with van der Waals surface area (Å²) in [5, 5.41) is 5.50. The van der Waals surface area contributed by atoms with E-state index in [-0.39, 0.29) is 29.4 Å². The van der Waals surface area contributed by atoms with Gasteiger partial charge in [-0.15, -0.1) is 0 Å². The zero-order valence-electron chi connectivity index (χ0n) is 18.9. The van der Waals surface area contributed by atoms with Crippen molar-refractivity contribution in [3.05, 3.63) is 101 Å². The number of halogens is 1. The molecule has 3 aromatic carbocycles. The molecule has 0 spiro atoms. The first-order chi connectivity index (χ1) is 16.1. The van der Waals surface area contributed by atoms with Gasteiger partial charge in [0.15, 0.2) is 0 Å². The molecule has 3 aromatic rings. The highest BCUT2D eigenvalue weighted by atomic mass is 32.2. The summed E-state index contributed by atoms with van der Waals surface area (Å²) in [5.74, 6) is -1.61. The van der Waals surface area contributed by atoms with Crippen LogP contribution in [0.3, 0.4) is 0 Å². The minimum absolute atomic E-state index is 0.149. The van der Waals surface area contributed by atoms with Gasteiger partial charge in [-0.25, -0.2) is 12.8 Å². The maximum Gasteiger partial charge on any atom is 0.253 e. The molecule has 9 heteroatoms. The van der Waals surface area contributed by atoms with Gasteiger partial charge >= 0.3 is 0 Å². The third kappa shape index (κ3) is 6.72. The smallest absolute Gasteiger partial charge is 0.253 e. The lowest BCUT2D eigenvalue weighted by Gasteiger charge is -2.20. The van der Waals surface area contributed by atoms with E-state index in [0.717, 1.165) is 16.1 Å². The lowest BCUT2D eigenvalue weighted by atomic mass is 10.1. The van der Waals surface area contributed by atoms with Crippen molar-refractivity contribution >= 4 is 27.5 Å². The number of carbonyl (C=O) groups is 2. The predicted octanol–water partition coefficient (Wildman–Crippen LogP) is 3.72. The SMILES string of the molecule is CC(NC(=O)c1ccccc1NC(=O)CN(Cc1ccccc1F)S(C)(=O)=O)c1ccccc1. The summed E-state index contributed by atoms with van der Waals surface area (Å²) >= 11 is 0. The Hall–Kier alpha value is -3.56. The van der Waals surface area contributed by atoms with Gasteiger partial charge in [0.25, 0.3) is 5.91 Å². The fourth-order valence-electron chi connectivity index (χ4n) is 3.35. The van der Waals surface area contributed by atoms with Gasteiger partial charge in [-0.05, 0) is 30.7 Å². The van der Waals surface area contributed by atoms with Crippen LogP contribution < -0.4 is 10.6 Å². The summed E-state index contributed by atoms with van der Waals surface area (Å²) in [4.78, 5) is 25.6. The maximum atomic E-state index is 14.0. The minimum atomic E-state index is -3.81. The Morgan fingerprint density at radius 3 is 2.24 bits per heavy atom. The Morgan fingerprint density at radius 2 is 1.56 bits per heavy atom. The second kappa shape index (κ2) is 11.0. The lowest BCUT2D eigenvalue weighted by molar-refractivity contribution is -0.116. The number of benzene rings is 3. The number of sulfonamides is 1. The number of amides is 2. The molecule has 2 amide bonds. The predicted molar refractivity (Wildman–Crippen MR) is 129 cm³/mol. The number of para-hydroxylation sites is 1. The van der Waals surface area contributed by atoms with Crippen LogP contribution in [0.1, 0.15) is 34.5 Å². The maximum absolute atomic E-state index is 14.0. The van der Waals surface area contributed by atoms with E-state index in [0.29, 0.717) is 0 Å². The Labute approximate surface area is 198 Å². The highest BCUT2D eigenvalue weighted by Gasteiger charge is 2.23. The first-order valence-electron chi connectivity index (χ1n) is 10.6. The van der Waals surface area contributed by atoms with E-state index in [2.05, 4.69) is 10.6 Å². The highest BCUT2D eigenvalue weighted by molar-refractivity contribution is 7.88. The second-order valence-corrected chi connectivity index (χ2v) is 9.80. The molecule has 34 heavy (non-hydrogen) atoms. The van der Waals surface area contributed by atoms with Gasteiger partial charge in [0, 0.05) is 12.1 Å². The van der Waals surface area contributed by atoms with Crippen molar-refractivity contribution in [1.29, 1.82) is 0 Å². The number of hydrogen-bond donors (Lipinski definition) is 2. The molecular weight excluding hydrogens is 457 g/mol. The van der Waals surface area contributed by atoms with Crippen LogP contribution in [0.25, 0.3) is 0 Å². The number of nitrogens with one attached hydrogen (secondary N) is 2. The molecule has 0 saturated heterocycles. The van der Waals surface area contributed by atoms with Crippen LogP contribution in [0.5, 0.6) is 0 Å². The Balaban J connectivity index is 1.73. The molecule has 0 bridgehead atoms. The summed E-state index contributed by atoms with van der Waals surface area (Å²) in [5.41, 5.74) is 1.55. The monoisotopic (exact) mass is 483 g/mol. The van der Waals surface area contributed by atoms with Crippen molar-refractivity contribution in [2.75, 3.05) is 18.1 Å². The normalized spacial score (nSPS) is 12.2. The zero-order chi connectivity index (χ0) is 24.7. The molecule has 0 aliphatic rings. The molecular formula is C25H26FN3O4S. The summed E-state index contributed by atoms with van der Waals surface area (Å²) in [6.45, 7) is 1.01.